The quantitative estimate of drug-likeness (QED) is 0.362. The van der Waals surface area contributed by atoms with Gasteiger partial charge in [-0.1, -0.05) is 84.0 Å². The fraction of sp³-hybridized carbons (Fsp3) is 0.207. The Labute approximate surface area is 203 Å². The standard InChI is InChI=1S/C29H26N2O4/c1-19-25(27(32)30-18-15-20-5-3-2-4-6-20)26(35-31-19)23-9-7-21(8-10-23)22-11-13-24(14-12-22)29(16-17-29)28(33)34/h2-14H,15-18H2,1H3,(H,30,32)(H,33,34). The molecular weight excluding hydrogens is 440 g/mol. The molecule has 1 fully saturated rings. The molecule has 0 atom stereocenters. The van der Waals surface area contributed by atoms with Crippen LogP contribution in [0.1, 0.15) is 40.0 Å². The van der Waals surface area contributed by atoms with Crippen molar-refractivity contribution >= 4 is 11.9 Å². The van der Waals surface area contributed by atoms with Crippen molar-refractivity contribution in [3.63, 3.8) is 0 Å². The highest BCUT2D eigenvalue weighted by Crippen LogP contribution is 2.48. The van der Waals surface area contributed by atoms with Crippen molar-refractivity contribution in [1.82, 2.24) is 10.5 Å². The van der Waals surface area contributed by atoms with E-state index < -0.39 is 11.4 Å². The molecule has 1 aliphatic carbocycles. The summed E-state index contributed by atoms with van der Waals surface area (Å²) in [6, 6.07) is 25.5. The van der Waals surface area contributed by atoms with Gasteiger partial charge in [-0.25, -0.2) is 0 Å². The molecule has 176 valence electrons. The van der Waals surface area contributed by atoms with Crippen molar-refractivity contribution in [2.24, 2.45) is 0 Å². The summed E-state index contributed by atoms with van der Waals surface area (Å²) in [5.74, 6) is -0.516. The van der Waals surface area contributed by atoms with Gasteiger partial charge in [-0.2, -0.15) is 0 Å². The lowest BCUT2D eigenvalue weighted by Gasteiger charge is -2.11. The molecule has 0 radical (unpaired) electrons. The number of aromatic nitrogens is 1. The maximum absolute atomic E-state index is 12.9. The van der Waals surface area contributed by atoms with Gasteiger partial charge in [-0.15, -0.1) is 0 Å². The molecule has 1 aromatic heterocycles. The second kappa shape index (κ2) is 9.22. The molecule has 0 saturated heterocycles. The summed E-state index contributed by atoms with van der Waals surface area (Å²) in [5, 5.41) is 16.5. The van der Waals surface area contributed by atoms with Crippen LogP contribution in [-0.4, -0.2) is 28.7 Å². The van der Waals surface area contributed by atoms with Crippen molar-refractivity contribution in [2.45, 2.75) is 31.6 Å². The molecule has 1 aliphatic rings. The predicted octanol–water partition coefficient (Wildman–Crippen LogP) is 5.41. The van der Waals surface area contributed by atoms with Crippen LogP contribution in [0.2, 0.25) is 0 Å². The molecular formula is C29H26N2O4. The average molecular weight is 467 g/mol. The molecule has 0 unspecified atom stereocenters. The Kier molecular flexibility index (Phi) is 5.95. The second-order valence-corrected chi connectivity index (χ2v) is 9.01. The molecule has 0 bridgehead atoms. The number of hydrogen-bond donors (Lipinski definition) is 2. The molecule has 0 aliphatic heterocycles. The van der Waals surface area contributed by atoms with Crippen LogP contribution in [0.5, 0.6) is 0 Å². The molecule has 6 nitrogen and oxygen atoms in total. The number of carbonyl (C=O) groups excluding carboxylic acids is 1. The van der Waals surface area contributed by atoms with Crippen LogP contribution in [0, 0.1) is 6.92 Å². The van der Waals surface area contributed by atoms with Crippen LogP contribution >= 0.6 is 0 Å². The fourth-order valence-electron chi connectivity index (χ4n) is 4.43. The molecule has 1 heterocycles. The third-order valence-electron chi connectivity index (χ3n) is 6.71. The molecule has 0 spiro atoms. The minimum Gasteiger partial charge on any atom is -0.481 e. The maximum Gasteiger partial charge on any atom is 0.314 e. The Balaban J connectivity index is 1.30. The number of aryl methyl sites for hydroxylation is 1. The van der Waals surface area contributed by atoms with Crippen LogP contribution in [0.15, 0.2) is 83.4 Å². The summed E-state index contributed by atoms with van der Waals surface area (Å²) in [4.78, 5) is 24.5. The first-order valence-electron chi connectivity index (χ1n) is 11.7. The van der Waals surface area contributed by atoms with E-state index in [2.05, 4.69) is 10.5 Å². The van der Waals surface area contributed by atoms with Crippen molar-refractivity contribution in [2.75, 3.05) is 6.54 Å². The van der Waals surface area contributed by atoms with Gasteiger partial charge in [-0.3, -0.25) is 9.59 Å². The van der Waals surface area contributed by atoms with Gasteiger partial charge in [0.15, 0.2) is 5.76 Å². The summed E-state index contributed by atoms with van der Waals surface area (Å²) in [6.07, 6.45) is 2.12. The Morgan fingerprint density at radius 3 is 2.11 bits per heavy atom. The zero-order chi connectivity index (χ0) is 24.4. The molecule has 2 N–H and O–H groups in total. The van der Waals surface area contributed by atoms with Crippen molar-refractivity contribution in [1.29, 1.82) is 0 Å². The van der Waals surface area contributed by atoms with Crippen LogP contribution in [0.25, 0.3) is 22.5 Å². The first kappa shape index (κ1) is 22.6. The average Bonchev–Trinajstić information content (AvgIpc) is 3.61. The van der Waals surface area contributed by atoms with E-state index >= 15 is 0 Å². The second-order valence-electron chi connectivity index (χ2n) is 9.01. The summed E-state index contributed by atoms with van der Waals surface area (Å²) < 4.78 is 5.53. The highest BCUT2D eigenvalue weighted by atomic mass is 16.5. The van der Waals surface area contributed by atoms with E-state index in [0.717, 1.165) is 34.2 Å². The lowest BCUT2D eigenvalue weighted by Crippen LogP contribution is -2.26. The highest BCUT2D eigenvalue weighted by Gasteiger charge is 2.51. The van der Waals surface area contributed by atoms with E-state index in [1.165, 1.54) is 0 Å². The van der Waals surface area contributed by atoms with E-state index in [9.17, 15) is 14.7 Å². The normalized spacial score (nSPS) is 13.9. The van der Waals surface area contributed by atoms with Gasteiger partial charge in [0, 0.05) is 12.1 Å². The number of aliphatic carboxylic acids is 1. The van der Waals surface area contributed by atoms with Crippen molar-refractivity contribution < 1.29 is 19.2 Å². The van der Waals surface area contributed by atoms with Gasteiger partial charge in [0.05, 0.1) is 11.1 Å². The van der Waals surface area contributed by atoms with E-state index in [0.29, 0.717) is 36.4 Å². The van der Waals surface area contributed by atoms with Crippen molar-refractivity contribution in [3.05, 3.63) is 101 Å². The Morgan fingerprint density at radius 1 is 0.914 bits per heavy atom. The SMILES string of the molecule is Cc1noc(-c2ccc(-c3ccc(C4(C(=O)O)CC4)cc3)cc2)c1C(=O)NCCc1ccccc1. The van der Waals surface area contributed by atoms with Crippen LogP contribution in [-0.2, 0) is 16.6 Å². The number of carboxylic acids is 1. The number of carbonyl (C=O) groups is 2. The summed E-state index contributed by atoms with van der Waals surface area (Å²) in [5.41, 5.74) is 5.05. The van der Waals surface area contributed by atoms with Crippen molar-refractivity contribution in [3.8, 4) is 22.5 Å². The number of nitrogens with one attached hydrogen (secondary N) is 1. The van der Waals surface area contributed by atoms with E-state index in [1.807, 2.05) is 78.9 Å². The van der Waals surface area contributed by atoms with E-state index in [4.69, 9.17) is 4.52 Å². The van der Waals surface area contributed by atoms with Crippen LogP contribution in [0.4, 0.5) is 0 Å². The van der Waals surface area contributed by atoms with E-state index in [1.54, 1.807) is 6.92 Å². The van der Waals surface area contributed by atoms with Crippen LogP contribution in [0.3, 0.4) is 0 Å². The van der Waals surface area contributed by atoms with E-state index in [-0.39, 0.29) is 5.91 Å². The predicted molar refractivity (Wildman–Crippen MR) is 133 cm³/mol. The Morgan fingerprint density at radius 2 is 1.51 bits per heavy atom. The zero-order valence-corrected chi connectivity index (χ0v) is 19.5. The minimum atomic E-state index is -0.753. The summed E-state index contributed by atoms with van der Waals surface area (Å²) in [6.45, 7) is 2.28. The van der Waals surface area contributed by atoms with Gasteiger partial charge < -0.3 is 14.9 Å². The molecule has 5 rings (SSSR count). The molecule has 1 saturated carbocycles. The Bertz CT molecular complexity index is 1350. The number of benzene rings is 3. The lowest BCUT2D eigenvalue weighted by molar-refractivity contribution is -0.140. The number of amides is 1. The minimum absolute atomic E-state index is 0.207. The monoisotopic (exact) mass is 466 g/mol. The smallest absolute Gasteiger partial charge is 0.314 e. The van der Waals surface area contributed by atoms with Gasteiger partial charge in [0.2, 0.25) is 0 Å². The largest absolute Gasteiger partial charge is 0.481 e. The van der Waals surface area contributed by atoms with Gasteiger partial charge in [0.25, 0.3) is 5.91 Å². The highest BCUT2D eigenvalue weighted by molar-refractivity contribution is 6.00. The molecule has 35 heavy (non-hydrogen) atoms. The van der Waals surface area contributed by atoms with Gasteiger partial charge >= 0.3 is 5.97 Å². The van der Waals surface area contributed by atoms with Crippen LogP contribution < -0.4 is 5.32 Å². The summed E-state index contributed by atoms with van der Waals surface area (Å²) in [7, 11) is 0. The topological polar surface area (TPSA) is 92.4 Å². The van der Waals surface area contributed by atoms with Gasteiger partial charge in [0.1, 0.15) is 5.56 Å². The Hall–Kier alpha value is -4.19. The lowest BCUT2D eigenvalue weighted by atomic mass is 9.93. The number of rotatable bonds is 8. The van der Waals surface area contributed by atoms with Gasteiger partial charge in [-0.05, 0) is 48.4 Å². The maximum atomic E-state index is 12.9. The molecule has 1 amide bonds. The molecule has 6 heteroatoms. The number of carboxylic acid groups (broad SMARTS) is 1. The number of nitrogens with zero attached hydrogens (tertiary/aromatic N) is 1. The fourth-order valence-corrected chi connectivity index (χ4v) is 4.43. The first-order chi connectivity index (χ1) is 17.0. The molecule has 3 aromatic carbocycles. The molecule has 4 aromatic rings. The number of hydrogen-bond acceptors (Lipinski definition) is 4. The first-order valence-corrected chi connectivity index (χ1v) is 11.7. The third-order valence-corrected chi connectivity index (χ3v) is 6.71. The zero-order valence-electron chi connectivity index (χ0n) is 19.5. The summed E-state index contributed by atoms with van der Waals surface area (Å²) >= 11 is 0. The third kappa shape index (κ3) is 4.47.